The zero-order chi connectivity index (χ0) is 8.39. The first kappa shape index (κ1) is 6.80. The molecule has 58 valence electrons. The third-order valence-electron chi connectivity index (χ3n) is 1.57. The first-order valence-corrected chi connectivity index (χ1v) is 3.55. The van der Waals surface area contributed by atoms with E-state index in [0.717, 1.165) is 11.3 Å². The van der Waals surface area contributed by atoms with Crippen molar-refractivity contribution < 1.29 is 0 Å². The number of rotatable bonds is 1. The highest BCUT2D eigenvalue weighted by Gasteiger charge is 1.98. The van der Waals surface area contributed by atoms with Crippen LogP contribution in [0.25, 0.3) is 5.65 Å². The Hall–Kier alpha value is -1.89. The molecule has 0 radical (unpaired) electrons. The smallest absolute Gasteiger partial charge is 0.155 e. The third-order valence-corrected chi connectivity index (χ3v) is 1.57. The predicted octanol–water partition coefficient (Wildman–Crippen LogP) is 0.795. The number of hydrogen-bond donors (Lipinski definition) is 0. The van der Waals surface area contributed by atoms with Crippen molar-refractivity contribution in [2.75, 3.05) is 0 Å². The van der Waals surface area contributed by atoms with Gasteiger partial charge in [0.15, 0.2) is 5.65 Å². The molecule has 0 aliphatic rings. The summed E-state index contributed by atoms with van der Waals surface area (Å²) >= 11 is 0. The van der Waals surface area contributed by atoms with Crippen LogP contribution in [0.2, 0.25) is 0 Å². The molecule has 4 nitrogen and oxygen atoms in total. The summed E-state index contributed by atoms with van der Waals surface area (Å²) in [6.07, 6.45) is 7.34. The Balaban J connectivity index is 2.56. The van der Waals surface area contributed by atoms with Crippen molar-refractivity contribution in [2.45, 2.75) is 6.42 Å². The molecular weight excluding hydrogens is 152 g/mol. The topological polar surface area (TPSA) is 54.0 Å². The monoisotopic (exact) mass is 158 g/mol. The van der Waals surface area contributed by atoms with Crippen LogP contribution in [0.1, 0.15) is 5.69 Å². The van der Waals surface area contributed by atoms with E-state index in [0.29, 0.717) is 6.42 Å². The zero-order valence-corrected chi connectivity index (χ0v) is 6.31. The van der Waals surface area contributed by atoms with Crippen LogP contribution in [0.3, 0.4) is 0 Å². The molecule has 0 aliphatic carbocycles. The van der Waals surface area contributed by atoms with Crippen molar-refractivity contribution in [1.29, 1.82) is 5.26 Å². The molecule has 0 saturated heterocycles. The normalized spacial score (nSPS) is 9.92. The van der Waals surface area contributed by atoms with Gasteiger partial charge in [0.05, 0.1) is 24.4 Å². The van der Waals surface area contributed by atoms with E-state index in [9.17, 15) is 0 Å². The van der Waals surface area contributed by atoms with Crippen LogP contribution < -0.4 is 0 Å². The molecule has 12 heavy (non-hydrogen) atoms. The summed E-state index contributed by atoms with van der Waals surface area (Å²) < 4.78 is 1.85. The van der Waals surface area contributed by atoms with Crippen molar-refractivity contribution in [3.05, 3.63) is 30.5 Å². The fourth-order valence-electron chi connectivity index (χ4n) is 1.06. The van der Waals surface area contributed by atoms with Crippen molar-refractivity contribution in [3.8, 4) is 6.07 Å². The second-order valence-corrected chi connectivity index (χ2v) is 2.41. The maximum Gasteiger partial charge on any atom is 0.155 e. The summed E-state index contributed by atoms with van der Waals surface area (Å²) in [6.45, 7) is 0. The Morgan fingerprint density at radius 1 is 1.58 bits per heavy atom. The molecule has 0 spiro atoms. The quantitative estimate of drug-likeness (QED) is 0.616. The second-order valence-electron chi connectivity index (χ2n) is 2.41. The van der Waals surface area contributed by atoms with Gasteiger partial charge in [-0.2, -0.15) is 5.26 Å². The highest BCUT2D eigenvalue weighted by Crippen LogP contribution is 2.02. The average Bonchev–Trinajstić information content (AvgIpc) is 2.47. The van der Waals surface area contributed by atoms with Crippen LogP contribution in [-0.4, -0.2) is 14.4 Å². The SMILES string of the molecule is N#CCc1cn2ccncc2n1. The molecule has 0 N–H and O–H groups in total. The van der Waals surface area contributed by atoms with Crippen molar-refractivity contribution in [1.82, 2.24) is 14.4 Å². The van der Waals surface area contributed by atoms with Crippen LogP contribution >= 0.6 is 0 Å². The van der Waals surface area contributed by atoms with Gasteiger partial charge in [-0.1, -0.05) is 0 Å². The predicted molar refractivity (Wildman–Crippen MR) is 42.3 cm³/mol. The number of fused-ring (bicyclic) bond motifs is 1. The van der Waals surface area contributed by atoms with Gasteiger partial charge in [-0.3, -0.25) is 4.98 Å². The van der Waals surface area contributed by atoms with Crippen LogP contribution in [0.5, 0.6) is 0 Å². The lowest BCUT2D eigenvalue weighted by molar-refractivity contribution is 1.12. The van der Waals surface area contributed by atoms with Crippen molar-refractivity contribution in [3.63, 3.8) is 0 Å². The van der Waals surface area contributed by atoms with Gasteiger partial charge in [-0.25, -0.2) is 4.98 Å². The summed E-state index contributed by atoms with van der Waals surface area (Å²) in [5.41, 5.74) is 1.56. The van der Waals surface area contributed by atoms with Gasteiger partial charge in [0.2, 0.25) is 0 Å². The fourth-order valence-corrected chi connectivity index (χ4v) is 1.06. The molecule has 2 heterocycles. The van der Waals surface area contributed by atoms with Crippen molar-refractivity contribution >= 4 is 5.65 Å². The van der Waals surface area contributed by atoms with Gasteiger partial charge >= 0.3 is 0 Å². The van der Waals surface area contributed by atoms with E-state index < -0.39 is 0 Å². The van der Waals surface area contributed by atoms with Crippen LogP contribution in [-0.2, 0) is 6.42 Å². The summed E-state index contributed by atoms with van der Waals surface area (Å²) in [4.78, 5) is 8.10. The highest BCUT2D eigenvalue weighted by molar-refractivity contribution is 5.36. The Bertz CT molecular complexity index is 404. The number of aromatic nitrogens is 3. The first-order chi connectivity index (χ1) is 5.90. The van der Waals surface area contributed by atoms with Gasteiger partial charge in [-0.05, 0) is 0 Å². The first-order valence-electron chi connectivity index (χ1n) is 3.55. The summed E-state index contributed by atoms with van der Waals surface area (Å²) in [5.74, 6) is 0. The highest BCUT2D eigenvalue weighted by atomic mass is 15.0. The third kappa shape index (κ3) is 1.01. The lowest BCUT2D eigenvalue weighted by Crippen LogP contribution is -1.81. The minimum absolute atomic E-state index is 0.349. The molecule has 4 heteroatoms. The lowest BCUT2D eigenvalue weighted by atomic mass is 10.4. The molecule has 2 aromatic rings. The standard InChI is InChI=1S/C8H6N4/c9-2-1-7-6-12-4-3-10-5-8(12)11-7/h3-6H,1H2. The Labute approximate surface area is 69.1 Å². The van der Waals surface area contributed by atoms with Gasteiger partial charge in [0, 0.05) is 18.6 Å². The number of imidazole rings is 1. The Morgan fingerprint density at radius 2 is 2.50 bits per heavy atom. The summed E-state index contributed by atoms with van der Waals surface area (Å²) in [6, 6.07) is 2.05. The van der Waals surface area contributed by atoms with E-state index in [1.165, 1.54) is 0 Å². The molecule has 0 amide bonds. The maximum absolute atomic E-state index is 8.43. The minimum Gasteiger partial charge on any atom is -0.304 e. The number of nitrogens with zero attached hydrogens (tertiary/aromatic N) is 4. The number of nitriles is 1. The van der Waals surface area contributed by atoms with Crippen LogP contribution in [0.4, 0.5) is 0 Å². The minimum atomic E-state index is 0.349. The van der Waals surface area contributed by atoms with E-state index in [2.05, 4.69) is 9.97 Å². The lowest BCUT2D eigenvalue weighted by Gasteiger charge is -1.86. The van der Waals surface area contributed by atoms with Gasteiger partial charge < -0.3 is 4.40 Å². The molecule has 2 aromatic heterocycles. The number of hydrogen-bond acceptors (Lipinski definition) is 3. The molecule has 2 rings (SSSR count). The molecule has 0 saturated carbocycles. The Kier molecular flexibility index (Phi) is 1.49. The van der Waals surface area contributed by atoms with Gasteiger partial charge in [-0.15, -0.1) is 0 Å². The summed E-state index contributed by atoms with van der Waals surface area (Å²) in [5, 5.41) is 8.43. The van der Waals surface area contributed by atoms with Crippen molar-refractivity contribution in [2.24, 2.45) is 0 Å². The molecule has 0 unspecified atom stereocenters. The maximum atomic E-state index is 8.43. The largest absolute Gasteiger partial charge is 0.304 e. The molecule has 0 aliphatic heterocycles. The van der Waals surface area contributed by atoms with E-state index in [1.54, 1.807) is 12.4 Å². The Morgan fingerprint density at radius 3 is 3.25 bits per heavy atom. The van der Waals surface area contributed by atoms with E-state index >= 15 is 0 Å². The molecule has 0 aromatic carbocycles. The van der Waals surface area contributed by atoms with Gasteiger partial charge in [0.1, 0.15) is 0 Å². The molecular formula is C8H6N4. The second kappa shape index (κ2) is 2.62. The zero-order valence-electron chi connectivity index (χ0n) is 6.31. The van der Waals surface area contributed by atoms with Gasteiger partial charge in [0.25, 0.3) is 0 Å². The molecule has 0 fully saturated rings. The summed E-state index contributed by atoms with van der Waals surface area (Å²) in [7, 11) is 0. The van der Waals surface area contributed by atoms with E-state index in [4.69, 9.17) is 5.26 Å². The van der Waals surface area contributed by atoms with Crippen LogP contribution in [0.15, 0.2) is 24.8 Å². The van der Waals surface area contributed by atoms with Crippen LogP contribution in [0, 0.1) is 11.3 Å². The van der Waals surface area contributed by atoms with E-state index in [-0.39, 0.29) is 0 Å². The molecule has 0 bridgehead atoms. The average molecular weight is 158 g/mol. The molecule has 0 atom stereocenters. The fraction of sp³-hybridized carbons (Fsp3) is 0.125. The van der Waals surface area contributed by atoms with E-state index in [1.807, 2.05) is 22.9 Å².